The van der Waals surface area contributed by atoms with Gasteiger partial charge in [-0.2, -0.15) is 0 Å². The van der Waals surface area contributed by atoms with E-state index in [1.165, 1.54) is 24.5 Å². The quantitative estimate of drug-likeness (QED) is 0.693. The largest absolute Gasteiger partial charge is 0.330 e. The maximum Gasteiger partial charge on any atom is 0.251 e. The van der Waals surface area contributed by atoms with Gasteiger partial charge in [-0.25, -0.2) is 9.97 Å². The minimum absolute atomic E-state index is 0.170. The fourth-order valence-corrected chi connectivity index (χ4v) is 4.33. The van der Waals surface area contributed by atoms with E-state index in [1.54, 1.807) is 11.3 Å². The molecule has 0 radical (unpaired) electrons. The molecule has 1 atom stereocenters. The van der Waals surface area contributed by atoms with E-state index in [0.29, 0.717) is 17.4 Å². The van der Waals surface area contributed by atoms with Gasteiger partial charge in [-0.1, -0.05) is 24.3 Å². The number of likely N-dealkylation sites (tertiary alicyclic amines) is 1. The lowest BCUT2D eigenvalue weighted by Crippen LogP contribution is -2.37. The molecule has 0 saturated carbocycles. The van der Waals surface area contributed by atoms with E-state index in [4.69, 9.17) is 5.73 Å². The number of aryl methyl sites for hydroxylation is 1. The smallest absolute Gasteiger partial charge is 0.251 e. The maximum atomic E-state index is 12.1. The van der Waals surface area contributed by atoms with Crippen molar-refractivity contribution < 1.29 is 0 Å². The van der Waals surface area contributed by atoms with Gasteiger partial charge < -0.3 is 10.7 Å². The highest BCUT2D eigenvalue weighted by Crippen LogP contribution is 2.22. The zero-order valence-electron chi connectivity index (χ0n) is 16.0. The Bertz CT molecular complexity index is 995. The molecule has 0 spiro atoms. The Morgan fingerprint density at radius 3 is 2.79 bits per heavy atom. The molecule has 3 heterocycles. The summed E-state index contributed by atoms with van der Waals surface area (Å²) in [6.45, 7) is 5.84. The predicted molar refractivity (Wildman–Crippen MR) is 113 cm³/mol. The zero-order chi connectivity index (χ0) is 19.5. The Labute approximate surface area is 168 Å². The van der Waals surface area contributed by atoms with Gasteiger partial charge in [-0.15, -0.1) is 11.3 Å². The average molecular weight is 396 g/mol. The lowest BCUT2D eigenvalue weighted by molar-refractivity contribution is 0.171. The van der Waals surface area contributed by atoms with Crippen LogP contribution in [0.15, 0.2) is 40.5 Å². The van der Waals surface area contributed by atoms with Crippen molar-refractivity contribution in [3.05, 3.63) is 56.6 Å². The van der Waals surface area contributed by atoms with Crippen LogP contribution in [0.4, 0.5) is 0 Å². The number of hydrogen-bond acceptors (Lipinski definition) is 6. The molecule has 28 heavy (non-hydrogen) atoms. The predicted octanol–water partition coefficient (Wildman–Crippen LogP) is 3.04. The maximum absolute atomic E-state index is 12.1. The highest BCUT2D eigenvalue weighted by Gasteiger charge is 2.18. The van der Waals surface area contributed by atoms with E-state index in [9.17, 15) is 4.79 Å². The Hall–Kier alpha value is -2.35. The van der Waals surface area contributed by atoms with Crippen molar-refractivity contribution in [2.45, 2.75) is 26.3 Å². The van der Waals surface area contributed by atoms with E-state index in [-0.39, 0.29) is 5.56 Å². The topological polar surface area (TPSA) is 87.9 Å². The second-order valence-electron chi connectivity index (χ2n) is 7.41. The number of nitrogens with two attached hydrogens (primary N) is 1. The standard InChI is InChI=1S/C21H25N5OS/c1-14-23-19(13-28-14)18-9-20(27)25-21(24-18)17-6-4-15(5-7-17)11-26-8-2-3-16(10-22)12-26/h4-7,9,13,16H,2-3,8,10-12,22H2,1H3,(H,24,25,27). The lowest BCUT2D eigenvalue weighted by Gasteiger charge is -2.32. The third-order valence-corrected chi connectivity index (χ3v) is 5.97. The Balaban J connectivity index is 1.52. The van der Waals surface area contributed by atoms with Crippen molar-refractivity contribution in [2.75, 3.05) is 19.6 Å². The summed E-state index contributed by atoms with van der Waals surface area (Å²) in [6, 6.07) is 9.76. The van der Waals surface area contributed by atoms with Crippen LogP contribution in [0.5, 0.6) is 0 Å². The minimum atomic E-state index is -0.170. The van der Waals surface area contributed by atoms with Crippen LogP contribution in [-0.4, -0.2) is 39.5 Å². The van der Waals surface area contributed by atoms with Gasteiger partial charge in [-0.3, -0.25) is 9.69 Å². The fraction of sp³-hybridized carbons (Fsp3) is 0.381. The molecule has 0 bridgehead atoms. The number of aromatic amines is 1. The number of nitrogens with one attached hydrogen (secondary N) is 1. The van der Waals surface area contributed by atoms with Crippen molar-refractivity contribution in [3.63, 3.8) is 0 Å². The van der Waals surface area contributed by atoms with E-state index in [2.05, 4.69) is 32.0 Å². The normalized spacial score (nSPS) is 17.7. The zero-order valence-corrected chi connectivity index (χ0v) is 16.8. The number of H-pyrrole nitrogens is 1. The first-order valence-electron chi connectivity index (χ1n) is 9.66. The second-order valence-corrected chi connectivity index (χ2v) is 8.47. The van der Waals surface area contributed by atoms with Gasteiger partial charge >= 0.3 is 0 Å². The van der Waals surface area contributed by atoms with E-state index >= 15 is 0 Å². The Morgan fingerprint density at radius 2 is 2.07 bits per heavy atom. The van der Waals surface area contributed by atoms with Gasteiger partial charge in [0.2, 0.25) is 0 Å². The van der Waals surface area contributed by atoms with Crippen LogP contribution in [0, 0.1) is 12.8 Å². The summed E-state index contributed by atoms with van der Waals surface area (Å²) in [7, 11) is 0. The van der Waals surface area contributed by atoms with Gasteiger partial charge in [0.1, 0.15) is 11.5 Å². The molecule has 1 fully saturated rings. The molecular formula is C21H25N5OS. The molecule has 3 N–H and O–H groups in total. The van der Waals surface area contributed by atoms with Crippen molar-refractivity contribution in [1.82, 2.24) is 19.9 Å². The molecule has 0 aliphatic carbocycles. The van der Waals surface area contributed by atoms with Crippen LogP contribution in [0.3, 0.4) is 0 Å². The SMILES string of the molecule is Cc1nc(-c2cc(=O)[nH]c(-c3ccc(CN4CCCC(CN)C4)cc3)n2)cs1. The van der Waals surface area contributed by atoms with Crippen molar-refractivity contribution in [3.8, 4) is 22.8 Å². The molecule has 2 aromatic heterocycles. The first-order valence-corrected chi connectivity index (χ1v) is 10.5. The van der Waals surface area contributed by atoms with Crippen LogP contribution >= 0.6 is 11.3 Å². The van der Waals surface area contributed by atoms with Crippen LogP contribution in [0.25, 0.3) is 22.8 Å². The third-order valence-electron chi connectivity index (χ3n) is 5.19. The lowest BCUT2D eigenvalue weighted by atomic mass is 9.98. The number of nitrogens with zero attached hydrogens (tertiary/aromatic N) is 3. The molecule has 1 aliphatic heterocycles. The molecule has 1 aliphatic rings. The van der Waals surface area contributed by atoms with Gasteiger partial charge in [0, 0.05) is 30.1 Å². The summed E-state index contributed by atoms with van der Waals surface area (Å²) in [5, 5.41) is 2.88. The Morgan fingerprint density at radius 1 is 1.25 bits per heavy atom. The van der Waals surface area contributed by atoms with Crippen LogP contribution in [-0.2, 0) is 6.54 Å². The molecule has 6 nitrogen and oxygen atoms in total. The summed E-state index contributed by atoms with van der Waals surface area (Å²) in [5.41, 5.74) is 9.18. The summed E-state index contributed by atoms with van der Waals surface area (Å²) in [6.07, 6.45) is 2.45. The number of aromatic nitrogens is 3. The molecule has 7 heteroatoms. The highest BCUT2D eigenvalue weighted by molar-refractivity contribution is 7.09. The molecule has 1 saturated heterocycles. The molecule has 0 amide bonds. The number of benzene rings is 1. The summed E-state index contributed by atoms with van der Waals surface area (Å²) < 4.78 is 0. The minimum Gasteiger partial charge on any atom is -0.330 e. The molecule has 146 valence electrons. The summed E-state index contributed by atoms with van der Waals surface area (Å²) in [4.78, 5) is 26.5. The van der Waals surface area contributed by atoms with Crippen LogP contribution < -0.4 is 11.3 Å². The first-order chi connectivity index (χ1) is 13.6. The van der Waals surface area contributed by atoms with Crippen molar-refractivity contribution >= 4 is 11.3 Å². The average Bonchev–Trinajstić information content (AvgIpc) is 3.15. The molecule has 1 unspecified atom stereocenters. The van der Waals surface area contributed by atoms with Gasteiger partial charge in [0.15, 0.2) is 0 Å². The van der Waals surface area contributed by atoms with E-state index < -0.39 is 0 Å². The van der Waals surface area contributed by atoms with E-state index in [0.717, 1.165) is 42.4 Å². The summed E-state index contributed by atoms with van der Waals surface area (Å²) in [5.74, 6) is 1.18. The van der Waals surface area contributed by atoms with E-state index in [1.807, 2.05) is 24.4 Å². The van der Waals surface area contributed by atoms with Crippen molar-refractivity contribution in [2.24, 2.45) is 11.7 Å². The summed E-state index contributed by atoms with van der Waals surface area (Å²) >= 11 is 1.55. The Kier molecular flexibility index (Phi) is 5.66. The van der Waals surface area contributed by atoms with Crippen molar-refractivity contribution in [1.29, 1.82) is 0 Å². The number of hydrogen-bond donors (Lipinski definition) is 2. The third kappa shape index (κ3) is 4.38. The fourth-order valence-electron chi connectivity index (χ4n) is 3.72. The number of piperidine rings is 1. The van der Waals surface area contributed by atoms with Crippen LogP contribution in [0.2, 0.25) is 0 Å². The van der Waals surface area contributed by atoms with Gasteiger partial charge in [0.25, 0.3) is 5.56 Å². The molecular weight excluding hydrogens is 370 g/mol. The molecule has 1 aromatic carbocycles. The highest BCUT2D eigenvalue weighted by atomic mass is 32.1. The molecule has 4 rings (SSSR count). The first kappa shape index (κ1) is 19.0. The monoisotopic (exact) mass is 395 g/mol. The second kappa shape index (κ2) is 8.34. The molecule has 3 aromatic rings. The number of thiazole rings is 1. The van der Waals surface area contributed by atoms with Gasteiger partial charge in [0.05, 0.1) is 10.7 Å². The van der Waals surface area contributed by atoms with Crippen LogP contribution in [0.1, 0.15) is 23.4 Å². The van der Waals surface area contributed by atoms with Gasteiger partial charge in [-0.05, 0) is 44.3 Å². The number of rotatable bonds is 5.